The van der Waals surface area contributed by atoms with E-state index in [2.05, 4.69) is 5.48 Å². The molecule has 5 nitrogen and oxygen atoms in total. The average molecular weight is 221 g/mol. The van der Waals surface area contributed by atoms with E-state index in [9.17, 15) is 0 Å². The second kappa shape index (κ2) is 9.06. The van der Waals surface area contributed by atoms with Crippen LogP contribution >= 0.6 is 0 Å². The quantitative estimate of drug-likeness (QED) is 0.445. The maximum Gasteiger partial charge on any atom is 0.323 e. The van der Waals surface area contributed by atoms with Crippen LogP contribution in [0.5, 0.6) is 0 Å². The summed E-state index contributed by atoms with van der Waals surface area (Å²) in [7, 11) is 0. The largest absolute Gasteiger partial charge is 0.373 e. The molecule has 0 amide bonds. The summed E-state index contributed by atoms with van der Waals surface area (Å²) < 4.78 is 16.2. The van der Waals surface area contributed by atoms with Crippen LogP contribution < -0.4 is 5.48 Å². The normalized spacial score (nSPS) is 12.0. The highest BCUT2D eigenvalue weighted by Gasteiger charge is 2.33. The van der Waals surface area contributed by atoms with Gasteiger partial charge in [0.15, 0.2) is 0 Å². The van der Waals surface area contributed by atoms with Crippen molar-refractivity contribution in [3.8, 4) is 0 Å². The van der Waals surface area contributed by atoms with Gasteiger partial charge in [0.25, 0.3) is 0 Å². The third kappa shape index (κ3) is 6.06. The molecule has 0 rings (SSSR count). The fourth-order valence-electron chi connectivity index (χ4n) is 1.06. The molecule has 1 N–H and O–H groups in total. The van der Waals surface area contributed by atoms with Crippen LogP contribution in [0.15, 0.2) is 0 Å². The topological polar surface area (TPSA) is 49.0 Å². The van der Waals surface area contributed by atoms with Crippen molar-refractivity contribution >= 4 is 0 Å². The van der Waals surface area contributed by atoms with E-state index in [1.807, 2.05) is 27.7 Å². The predicted molar refractivity (Wildman–Crippen MR) is 57.2 cm³/mol. The minimum Gasteiger partial charge on any atom is -0.373 e. The number of hydrogen-bond acceptors (Lipinski definition) is 5. The minimum atomic E-state index is -1.13. The maximum absolute atomic E-state index is 5.44. The standard InChI is InChI=1S/C10H23NO4/c1-5-11-15-10(13-7-3,14-8-4)9-12-6-2/h11H,5-9H2,1-4H3. The van der Waals surface area contributed by atoms with Gasteiger partial charge in [-0.2, -0.15) is 5.48 Å². The Morgan fingerprint density at radius 1 is 0.933 bits per heavy atom. The first-order chi connectivity index (χ1) is 7.24. The molecule has 0 heterocycles. The molecule has 0 saturated carbocycles. The molecule has 92 valence electrons. The number of hydroxylamine groups is 1. The monoisotopic (exact) mass is 221 g/mol. The SMILES string of the molecule is CCNOC(COCC)(OCC)OCC. The van der Waals surface area contributed by atoms with Gasteiger partial charge in [0.2, 0.25) is 0 Å². The molecular formula is C10H23NO4. The molecular weight excluding hydrogens is 198 g/mol. The van der Waals surface area contributed by atoms with Gasteiger partial charge >= 0.3 is 5.97 Å². The van der Waals surface area contributed by atoms with E-state index in [4.69, 9.17) is 19.0 Å². The molecule has 0 aliphatic carbocycles. The summed E-state index contributed by atoms with van der Waals surface area (Å²) in [6.45, 7) is 10.1. The Balaban J connectivity index is 4.26. The molecule has 0 aromatic rings. The van der Waals surface area contributed by atoms with E-state index >= 15 is 0 Å². The molecule has 0 aliphatic heterocycles. The van der Waals surface area contributed by atoms with Crippen molar-refractivity contribution in [1.29, 1.82) is 0 Å². The van der Waals surface area contributed by atoms with Crippen molar-refractivity contribution in [2.75, 3.05) is 33.0 Å². The molecule has 0 bridgehead atoms. The van der Waals surface area contributed by atoms with Gasteiger partial charge in [-0.15, -0.1) is 0 Å². The second-order valence-electron chi connectivity index (χ2n) is 2.79. The molecule has 0 unspecified atom stereocenters. The Bertz CT molecular complexity index is 127. The van der Waals surface area contributed by atoms with Gasteiger partial charge in [-0.05, 0) is 20.8 Å². The maximum atomic E-state index is 5.44. The van der Waals surface area contributed by atoms with E-state index < -0.39 is 5.97 Å². The van der Waals surface area contributed by atoms with E-state index in [1.165, 1.54) is 0 Å². The van der Waals surface area contributed by atoms with Crippen molar-refractivity contribution < 1.29 is 19.0 Å². The van der Waals surface area contributed by atoms with Crippen LogP contribution in [0, 0.1) is 0 Å². The van der Waals surface area contributed by atoms with Gasteiger partial charge in [-0.3, -0.25) is 0 Å². The van der Waals surface area contributed by atoms with E-state index in [0.29, 0.717) is 26.4 Å². The number of rotatable bonds is 10. The molecule has 0 fully saturated rings. The zero-order valence-electron chi connectivity index (χ0n) is 10.2. The summed E-state index contributed by atoms with van der Waals surface area (Å²) in [5.74, 6) is -1.13. The Labute approximate surface area is 92.0 Å². The highest BCUT2D eigenvalue weighted by atomic mass is 16.9. The van der Waals surface area contributed by atoms with Crippen LogP contribution in [0.2, 0.25) is 0 Å². The van der Waals surface area contributed by atoms with Crippen molar-refractivity contribution in [1.82, 2.24) is 5.48 Å². The van der Waals surface area contributed by atoms with Gasteiger partial charge < -0.3 is 14.2 Å². The predicted octanol–water partition coefficient (Wildman–Crippen LogP) is 1.29. The molecule has 0 saturated heterocycles. The van der Waals surface area contributed by atoms with Crippen molar-refractivity contribution in [2.45, 2.75) is 33.7 Å². The zero-order chi connectivity index (χ0) is 11.6. The van der Waals surface area contributed by atoms with Crippen LogP contribution in [-0.2, 0) is 19.0 Å². The zero-order valence-corrected chi connectivity index (χ0v) is 10.2. The van der Waals surface area contributed by atoms with Crippen LogP contribution in [0.25, 0.3) is 0 Å². The summed E-state index contributed by atoms with van der Waals surface area (Å²) in [5, 5.41) is 0. The molecule has 0 spiro atoms. The van der Waals surface area contributed by atoms with Gasteiger partial charge in [0.05, 0.1) is 0 Å². The lowest BCUT2D eigenvalue weighted by molar-refractivity contribution is -0.410. The molecule has 15 heavy (non-hydrogen) atoms. The van der Waals surface area contributed by atoms with E-state index in [-0.39, 0.29) is 6.61 Å². The molecule has 0 radical (unpaired) electrons. The Kier molecular flexibility index (Phi) is 8.94. The van der Waals surface area contributed by atoms with Crippen molar-refractivity contribution in [3.63, 3.8) is 0 Å². The van der Waals surface area contributed by atoms with Gasteiger partial charge in [0, 0.05) is 26.4 Å². The summed E-state index contributed by atoms with van der Waals surface area (Å²) in [6, 6.07) is 0. The Hall–Kier alpha value is -0.200. The second-order valence-corrected chi connectivity index (χ2v) is 2.79. The minimum absolute atomic E-state index is 0.248. The number of hydrogen-bond donors (Lipinski definition) is 1. The van der Waals surface area contributed by atoms with Crippen LogP contribution in [0.1, 0.15) is 27.7 Å². The third-order valence-electron chi connectivity index (χ3n) is 1.58. The summed E-state index contributed by atoms with van der Waals surface area (Å²) in [4.78, 5) is 5.34. The molecule has 0 aromatic carbocycles. The van der Waals surface area contributed by atoms with Crippen LogP contribution in [0.3, 0.4) is 0 Å². The smallest absolute Gasteiger partial charge is 0.323 e. The first-order valence-electron chi connectivity index (χ1n) is 5.51. The van der Waals surface area contributed by atoms with Gasteiger partial charge in [-0.25, -0.2) is 4.84 Å². The summed E-state index contributed by atoms with van der Waals surface area (Å²) in [5.41, 5.74) is 2.74. The highest BCUT2D eigenvalue weighted by Crippen LogP contribution is 2.14. The molecule has 5 heteroatoms. The average Bonchev–Trinajstić information content (AvgIpc) is 2.24. The molecule has 0 aliphatic rings. The van der Waals surface area contributed by atoms with E-state index in [1.54, 1.807) is 0 Å². The Morgan fingerprint density at radius 2 is 1.53 bits per heavy atom. The first-order valence-corrected chi connectivity index (χ1v) is 5.51. The van der Waals surface area contributed by atoms with Crippen LogP contribution in [0.4, 0.5) is 0 Å². The summed E-state index contributed by atoms with van der Waals surface area (Å²) in [6.07, 6.45) is 0. The van der Waals surface area contributed by atoms with Gasteiger partial charge in [-0.1, -0.05) is 6.92 Å². The van der Waals surface area contributed by atoms with E-state index in [0.717, 1.165) is 0 Å². The summed E-state index contributed by atoms with van der Waals surface area (Å²) >= 11 is 0. The highest BCUT2D eigenvalue weighted by molar-refractivity contribution is 4.55. The lowest BCUT2D eigenvalue weighted by Gasteiger charge is -2.31. The lowest BCUT2D eigenvalue weighted by atomic mass is 10.5. The fourth-order valence-corrected chi connectivity index (χ4v) is 1.06. The van der Waals surface area contributed by atoms with Crippen molar-refractivity contribution in [3.05, 3.63) is 0 Å². The third-order valence-corrected chi connectivity index (χ3v) is 1.58. The first kappa shape index (κ1) is 14.8. The molecule has 0 aromatic heterocycles. The van der Waals surface area contributed by atoms with Gasteiger partial charge in [0.1, 0.15) is 6.61 Å². The van der Waals surface area contributed by atoms with Crippen molar-refractivity contribution in [2.24, 2.45) is 0 Å². The number of nitrogens with one attached hydrogen (secondary N) is 1. The Morgan fingerprint density at radius 3 is 1.93 bits per heavy atom. The number of ether oxygens (including phenoxy) is 3. The lowest BCUT2D eigenvalue weighted by Crippen LogP contribution is -2.47. The molecule has 0 atom stereocenters. The van der Waals surface area contributed by atoms with Crippen LogP contribution in [-0.4, -0.2) is 38.9 Å². The fraction of sp³-hybridized carbons (Fsp3) is 1.00.